The molecule has 1 heterocycles. The van der Waals surface area contributed by atoms with Crippen molar-refractivity contribution in [2.24, 2.45) is 5.92 Å². The van der Waals surface area contributed by atoms with Crippen LogP contribution in [-0.2, 0) is 6.54 Å². The molecule has 1 saturated carbocycles. The lowest BCUT2D eigenvalue weighted by molar-refractivity contribution is 0.173. The first kappa shape index (κ1) is 9.97. The molecular formula is C13H17NO2. The predicted octanol–water partition coefficient (Wildman–Crippen LogP) is 2.31. The van der Waals surface area contributed by atoms with Crippen molar-refractivity contribution in [3.05, 3.63) is 23.8 Å². The normalized spacial score (nSPS) is 17.8. The molecule has 0 bridgehead atoms. The van der Waals surface area contributed by atoms with Gasteiger partial charge in [0.2, 0.25) is 6.79 Å². The fraction of sp³-hybridized carbons (Fsp3) is 0.538. The van der Waals surface area contributed by atoms with Crippen molar-refractivity contribution in [2.75, 3.05) is 13.3 Å². The first-order valence-electron chi connectivity index (χ1n) is 6.02. The van der Waals surface area contributed by atoms with Gasteiger partial charge in [-0.3, -0.25) is 0 Å². The van der Waals surface area contributed by atoms with Gasteiger partial charge in [0.15, 0.2) is 11.5 Å². The molecule has 0 saturated heterocycles. The molecule has 2 aliphatic rings. The third kappa shape index (κ3) is 2.14. The van der Waals surface area contributed by atoms with Crippen LogP contribution in [0.15, 0.2) is 18.2 Å². The molecule has 1 aliphatic heterocycles. The van der Waals surface area contributed by atoms with Gasteiger partial charge in [-0.1, -0.05) is 25.0 Å². The Labute approximate surface area is 95.8 Å². The van der Waals surface area contributed by atoms with E-state index in [0.29, 0.717) is 6.79 Å². The summed E-state index contributed by atoms with van der Waals surface area (Å²) >= 11 is 0. The number of nitrogens with one attached hydrogen (secondary N) is 1. The Bertz CT molecular complexity index is 374. The second-order valence-electron chi connectivity index (χ2n) is 4.56. The topological polar surface area (TPSA) is 30.5 Å². The lowest BCUT2D eigenvalue weighted by atomic mass is 10.2. The van der Waals surface area contributed by atoms with Gasteiger partial charge in [-0.05, 0) is 24.9 Å². The van der Waals surface area contributed by atoms with Gasteiger partial charge in [0.1, 0.15) is 0 Å². The second kappa shape index (κ2) is 4.34. The van der Waals surface area contributed by atoms with Crippen LogP contribution in [0.1, 0.15) is 24.8 Å². The molecule has 3 rings (SSSR count). The van der Waals surface area contributed by atoms with Crippen LogP contribution < -0.4 is 14.8 Å². The van der Waals surface area contributed by atoms with Gasteiger partial charge in [0, 0.05) is 12.1 Å². The highest BCUT2D eigenvalue weighted by Gasteiger charge is 2.20. The summed E-state index contributed by atoms with van der Waals surface area (Å²) in [7, 11) is 0. The third-order valence-electron chi connectivity index (χ3n) is 3.22. The highest BCUT2D eigenvalue weighted by Crippen LogP contribution is 2.35. The van der Waals surface area contributed by atoms with Crippen LogP contribution in [0.2, 0.25) is 0 Å². The second-order valence-corrected chi connectivity index (χ2v) is 4.56. The minimum absolute atomic E-state index is 0.356. The van der Waals surface area contributed by atoms with Crippen LogP contribution in [-0.4, -0.2) is 13.3 Å². The number of para-hydroxylation sites is 1. The van der Waals surface area contributed by atoms with Crippen molar-refractivity contribution >= 4 is 0 Å². The van der Waals surface area contributed by atoms with E-state index in [9.17, 15) is 0 Å². The number of rotatable bonds is 5. The van der Waals surface area contributed by atoms with Crippen LogP contribution >= 0.6 is 0 Å². The average Bonchev–Trinajstić information content (AvgIpc) is 3.00. The van der Waals surface area contributed by atoms with Crippen molar-refractivity contribution in [1.29, 1.82) is 0 Å². The van der Waals surface area contributed by atoms with E-state index in [1.54, 1.807) is 0 Å². The lowest BCUT2D eigenvalue weighted by Gasteiger charge is -2.07. The largest absolute Gasteiger partial charge is 0.454 e. The Kier molecular flexibility index (Phi) is 2.70. The van der Waals surface area contributed by atoms with Gasteiger partial charge in [-0.25, -0.2) is 0 Å². The van der Waals surface area contributed by atoms with E-state index in [2.05, 4.69) is 11.4 Å². The Morgan fingerprint density at radius 3 is 3.06 bits per heavy atom. The molecule has 1 aromatic carbocycles. The standard InChI is InChI=1S/C13H17NO2/c1-2-11(8-14-7-6-10-4-5-10)13-12(3-1)15-9-16-13/h1-3,10,14H,4-9H2. The van der Waals surface area contributed by atoms with Crippen LogP contribution in [0.5, 0.6) is 11.5 Å². The third-order valence-corrected chi connectivity index (χ3v) is 3.22. The summed E-state index contributed by atoms with van der Waals surface area (Å²) < 4.78 is 10.8. The SMILES string of the molecule is c1cc(CNCCC2CC2)c2c(c1)OCO2. The summed E-state index contributed by atoms with van der Waals surface area (Å²) in [6.07, 6.45) is 4.17. The van der Waals surface area contributed by atoms with Crippen LogP contribution in [0, 0.1) is 5.92 Å². The molecule has 86 valence electrons. The van der Waals surface area contributed by atoms with Gasteiger partial charge in [-0.15, -0.1) is 0 Å². The lowest BCUT2D eigenvalue weighted by Crippen LogP contribution is -2.15. The van der Waals surface area contributed by atoms with E-state index in [-0.39, 0.29) is 0 Å². The predicted molar refractivity (Wildman–Crippen MR) is 61.6 cm³/mol. The van der Waals surface area contributed by atoms with Crippen molar-refractivity contribution in [3.63, 3.8) is 0 Å². The van der Waals surface area contributed by atoms with E-state index < -0.39 is 0 Å². The molecule has 0 radical (unpaired) electrons. The average molecular weight is 219 g/mol. The molecule has 1 aromatic rings. The van der Waals surface area contributed by atoms with Gasteiger partial charge in [0.25, 0.3) is 0 Å². The van der Waals surface area contributed by atoms with Gasteiger partial charge in [0.05, 0.1) is 0 Å². The highest BCUT2D eigenvalue weighted by molar-refractivity contribution is 5.48. The van der Waals surface area contributed by atoms with E-state index in [1.165, 1.54) is 24.8 Å². The van der Waals surface area contributed by atoms with Crippen molar-refractivity contribution in [2.45, 2.75) is 25.8 Å². The van der Waals surface area contributed by atoms with E-state index in [0.717, 1.165) is 30.5 Å². The fourth-order valence-corrected chi connectivity index (χ4v) is 2.07. The zero-order valence-electron chi connectivity index (χ0n) is 9.37. The number of hydrogen-bond acceptors (Lipinski definition) is 3. The maximum absolute atomic E-state index is 5.46. The molecule has 3 nitrogen and oxygen atoms in total. The van der Waals surface area contributed by atoms with E-state index in [4.69, 9.17) is 9.47 Å². The van der Waals surface area contributed by atoms with Gasteiger partial charge in [-0.2, -0.15) is 0 Å². The Morgan fingerprint density at radius 2 is 2.19 bits per heavy atom. The number of hydrogen-bond donors (Lipinski definition) is 1. The summed E-state index contributed by atoms with van der Waals surface area (Å²) in [5, 5.41) is 3.47. The van der Waals surface area contributed by atoms with Crippen LogP contribution in [0.4, 0.5) is 0 Å². The molecule has 1 fully saturated rings. The summed E-state index contributed by atoms with van der Waals surface area (Å²) in [6.45, 7) is 2.34. The first-order chi connectivity index (χ1) is 7.93. The molecule has 0 aromatic heterocycles. The molecular weight excluding hydrogens is 202 g/mol. The molecule has 0 atom stereocenters. The number of fused-ring (bicyclic) bond motifs is 1. The smallest absolute Gasteiger partial charge is 0.231 e. The molecule has 16 heavy (non-hydrogen) atoms. The maximum atomic E-state index is 5.46. The van der Waals surface area contributed by atoms with Gasteiger partial charge >= 0.3 is 0 Å². The molecule has 0 unspecified atom stereocenters. The first-order valence-corrected chi connectivity index (χ1v) is 6.02. The van der Waals surface area contributed by atoms with Crippen molar-refractivity contribution in [3.8, 4) is 11.5 Å². The van der Waals surface area contributed by atoms with Crippen LogP contribution in [0.3, 0.4) is 0 Å². The minimum Gasteiger partial charge on any atom is -0.454 e. The molecule has 1 aliphatic carbocycles. The highest BCUT2D eigenvalue weighted by atomic mass is 16.7. The molecule has 1 N–H and O–H groups in total. The summed E-state index contributed by atoms with van der Waals surface area (Å²) in [4.78, 5) is 0. The molecule has 0 spiro atoms. The maximum Gasteiger partial charge on any atom is 0.231 e. The Balaban J connectivity index is 1.55. The summed E-state index contributed by atoms with van der Waals surface area (Å²) in [5.41, 5.74) is 1.20. The Morgan fingerprint density at radius 1 is 1.25 bits per heavy atom. The number of benzene rings is 1. The summed E-state index contributed by atoms with van der Waals surface area (Å²) in [5.74, 6) is 2.79. The number of ether oxygens (including phenoxy) is 2. The quantitative estimate of drug-likeness (QED) is 0.771. The van der Waals surface area contributed by atoms with Crippen molar-refractivity contribution in [1.82, 2.24) is 5.32 Å². The van der Waals surface area contributed by atoms with E-state index in [1.807, 2.05) is 12.1 Å². The minimum atomic E-state index is 0.356. The molecule has 3 heteroatoms. The van der Waals surface area contributed by atoms with Gasteiger partial charge < -0.3 is 14.8 Å². The molecule has 0 amide bonds. The Hall–Kier alpha value is -1.22. The fourth-order valence-electron chi connectivity index (χ4n) is 2.07. The zero-order chi connectivity index (χ0) is 10.8. The van der Waals surface area contributed by atoms with Crippen molar-refractivity contribution < 1.29 is 9.47 Å². The zero-order valence-corrected chi connectivity index (χ0v) is 9.37. The summed E-state index contributed by atoms with van der Waals surface area (Å²) in [6, 6.07) is 6.07. The monoisotopic (exact) mass is 219 g/mol. The van der Waals surface area contributed by atoms with Crippen LogP contribution in [0.25, 0.3) is 0 Å². The van der Waals surface area contributed by atoms with E-state index >= 15 is 0 Å².